The van der Waals surface area contributed by atoms with Crippen LogP contribution in [0.1, 0.15) is 33.5 Å². The van der Waals surface area contributed by atoms with E-state index in [1.165, 1.54) is 4.88 Å². The van der Waals surface area contributed by atoms with Gasteiger partial charge < -0.3 is 15.2 Å². The standard InChI is InChI=1S/C16H21N3O2S/c1-4-17-15(20)9-18-16(21)14-8-11(2)19(12(14)3)10-13-6-5-7-22-13/h5-8H,4,9-10H2,1-3H3,(H,17,20)(H,18,21). The largest absolute Gasteiger partial charge is 0.355 e. The Labute approximate surface area is 134 Å². The van der Waals surface area contributed by atoms with Gasteiger partial charge in [-0.3, -0.25) is 9.59 Å². The van der Waals surface area contributed by atoms with Gasteiger partial charge in [-0.05, 0) is 38.3 Å². The lowest BCUT2D eigenvalue weighted by Crippen LogP contribution is -2.36. The molecule has 2 amide bonds. The molecule has 0 fully saturated rings. The topological polar surface area (TPSA) is 63.1 Å². The van der Waals surface area contributed by atoms with E-state index in [9.17, 15) is 9.59 Å². The Morgan fingerprint density at radius 3 is 2.68 bits per heavy atom. The van der Waals surface area contributed by atoms with Gasteiger partial charge in [0.1, 0.15) is 0 Å². The average molecular weight is 319 g/mol. The SMILES string of the molecule is CCNC(=O)CNC(=O)c1cc(C)n(Cc2cccs2)c1C. The molecule has 2 heterocycles. The molecule has 2 aromatic rings. The fourth-order valence-corrected chi connectivity index (χ4v) is 3.04. The van der Waals surface area contributed by atoms with E-state index in [0.29, 0.717) is 12.1 Å². The number of hydrogen-bond donors (Lipinski definition) is 2. The molecule has 22 heavy (non-hydrogen) atoms. The monoisotopic (exact) mass is 319 g/mol. The Kier molecular flexibility index (Phi) is 5.38. The molecule has 0 saturated carbocycles. The Morgan fingerprint density at radius 2 is 2.05 bits per heavy atom. The molecule has 0 aliphatic rings. The minimum absolute atomic E-state index is 0.00126. The molecule has 0 spiro atoms. The molecule has 118 valence electrons. The third-order valence-electron chi connectivity index (χ3n) is 3.50. The summed E-state index contributed by atoms with van der Waals surface area (Å²) in [4.78, 5) is 24.9. The van der Waals surface area contributed by atoms with Gasteiger partial charge in [-0.15, -0.1) is 11.3 Å². The number of likely N-dealkylation sites (N-methyl/N-ethyl adjacent to an activating group) is 1. The van der Waals surface area contributed by atoms with Gasteiger partial charge in [0.05, 0.1) is 18.7 Å². The van der Waals surface area contributed by atoms with Crippen LogP contribution in [0.3, 0.4) is 0 Å². The van der Waals surface area contributed by atoms with E-state index in [4.69, 9.17) is 0 Å². The normalized spacial score (nSPS) is 10.5. The number of carbonyl (C=O) groups excluding carboxylic acids is 2. The smallest absolute Gasteiger partial charge is 0.253 e. The number of nitrogens with one attached hydrogen (secondary N) is 2. The van der Waals surface area contributed by atoms with Crippen molar-refractivity contribution in [1.82, 2.24) is 15.2 Å². The van der Waals surface area contributed by atoms with Crippen LogP contribution in [0.25, 0.3) is 0 Å². The lowest BCUT2D eigenvalue weighted by Gasteiger charge is -2.09. The zero-order chi connectivity index (χ0) is 16.1. The summed E-state index contributed by atoms with van der Waals surface area (Å²) in [5, 5.41) is 7.36. The van der Waals surface area contributed by atoms with E-state index < -0.39 is 0 Å². The van der Waals surface area contributed by atoms with E-state index in [1.54, 1.807) is 11.3 Å². The maximum Gasteiger partial charge on any atom is 0.253 e. The first-order valence-electron chi connectivity index (χ1n) is 7.27. The third kappa shape index (κ3) is 3.76. The number of carbonyl (C=O) groups is 2. The second-order valence-electron chi connectivity index (χ2n) is 5.09. The van der Waals surface area contributed by atoms with Gasteiger partial charge in [0.15, 0.2) is 0 Å². The fraction of sp³-hybridized carbons (Fsp3) is 0.375. The van der Waals surface area contributed by atoms with Gasteiger partial charge in [0.2, 0.25) is 5.91 Å². The summed E-state index contributed by atoms with van der Waals surface area (Å²) in [6.07, 6.45) is 0. The Bertz CT molecular complexity index is 659. The molecule has 0 bridgehead atoms. The molecular formula is C16H21N3O2S. The van der Waals surface area contributed by atoms with Crippen LogP contribution >= 0.6 is 11.3 Å². The van der Waals surface area contributed by atoms with Gasteiger partial charge in [-0.25, -0.2) is 0 Å². The molecule has 0 saturated heterocycles. The van der Waals surface area contributed by atoms with Crippen molar-refractivity contribution in [2.75, 3.05) is 13.1 Å². The van der Waals surface area contributed by atoms with Crippen LogP contribution in [-0.2, 0) is 11.3 Å². The van der Waals surface area contributed by atoms with Crippen molar-refractivity contribution in [3.8, 4) is 0 Å². The van der Waals surface area contributed by atoms with Gasteiger partial charge >= 0.3 is 0 Å². The highest BCUT2D eigenvalue weighted by Crippen LogP contribution is 2.19. The van der Waals surface area contributed by atoms with Crippen LogP contribution in [0.2, 0.25) is 0 Å². The van der Waals surface area contributed by atoms with Crippen molar-refractivity contribution in [2.24, 2.45) is 0 Å². The third-order valence-corrected chi connectivity index (χ3v) is 4.36. The van der Waals surface area contributed by atoms with Crippen molar-refractivity contribution in [1.29, 1.82) is 0 Å². The predicted octanol–water partition coefficient (Wildman–Crippen LogP) is 2.08. The van der Waals surface area contributed by atoms with E-state index in [2.05, 4.69) is 21.3 Å². The minimum Gasteiger partial charge on any atom is -0.355 e. The first kappa shape index (κ1) is 16.3. The summed E-state index contributed by atoms with van der Waals surface area (Å²) in [6, 6.07) is 5.97. The summed E-state index contributed by atoms with van der Waals surface area (Å²) in [7, 11) is 0. The summed E-state index contributed by atoms with van der Waals surface area (Å²) in [6.45, 7) is 7.09. The number of thiophene rings is 1. The zero-order valence-electron chi connectivity index (χ0n) is 13.1. The number of aromatic nitrogens is 1. The van der Waals surface area contributed by atoms with Crippen molar-refractivity contribution in [3.05, 3.63) is 45.4 Å². The van der Waals surface area contributed by atoms with Gasteiger partial charge in [0.25, 0.3) is 5.91 Å². The molecule has 0 atom stereocenters. The highest BCUT2D eigenvalue weighted by atomic mass is 32.1. The van der Waals surface area contributed by atoms with Gasteiger partial charge in [-0.2, -0.15) is 0 Å². The quantitative estimate of drug-likeness (QED) is 0.856. The number of amides is 2. The maximum absolute atomic E-state index is 12.2. The van der Waals surface area contributed by atoms with Crippen molar-refractivity contribution in [3.63, 3.8) is 0 Å². The first-order valence-corrected chi connectivity index (χ1v) is 8.15. The molecule has 0 aromatic carbocycles. The first-order chi connectivity index (χ1) is 10.5. The van der Waals surface area contributed by atoms with E-state index in [1.807, 2.05) is 38.3 Å². The summed E-state index contributed by atoms with van der Waals surface area (Å²) in [5.74, 6) is -0.389. The van der Waals surface area contributed by atoms with E-state index in [0.717, 1.165) is 17.9 Å². The van der Waals surface area contributed by atoms with Gasteiger partial charge in [0, 0.05) is 22.8 Å². The minimum atomic E-state index is -0.211. The second kappa shape index (κ2) is 7.26. The molecule has 0 radical (unpaired) electrons. The molecule has 0 unspecified atom stereocenters. The van der Waals surface area contributed by atoms with Crippen LogP contribution < -0.4 is 10.6 Å². The molecule has 2 rings (SSSR count). The van der Waals surface area contributed by atoms with Crippen molar-refractivity contribution < 1.29 is 9.59 Å². The number of hydrogen-bond acceptors (Lipinski definition) is 3. The molecule has 2 aromatic heterocycles. The molecule has 6 heteroatoms. The average Bonchev–Trinajstić information content (AvgIpc) is 3.09. The fourth-order valence-electron chi connectivity index (χ4n) is 2.35. The number of rotatable bonds is 6. The second-order valence-corrected chi connectivity index (χ2v) is 6.12. The Balaban J connectivity index is 2.08. The number of nitrogens with zero attached hydrogens (tertiary/aromatic N) is 1. The predicted molar refractivity (Wildman–Crippen MR) is 88.3 cm³/mol. The Morgan fingerprint density at radius 1 is 1.27 bits per heavy atom. The van der Waals surface area contributed by atoms with E-state index >= 15 is 0 Å². The van der Waals surface area contributed by atoms with Crippen LogP contribution in [0.5, 0.6) is 0 Å². The zero-order valence-corrected chi connectivity index (χ0v) is 13.9. The molecular weight excluding hydrogens is 298 g/mol. The number of aryl methyl sites for hydroxylation is 1. The van der Waals surface area contributed by atoms with Crippen LogP contribution in [0, 0.1) is 13.8 Å². The summed E-state index contributed by atoms with van der Waals surface area (Å²) < 4.78 is 2.12. The van der Waals surface area contributed by atoms with Crippen LogP contribution in [0.4, 0.5) is 0 Å². The van der Waals surface area contributed by atoms with Crippen molar-refractivity contribution in [2.45, 2.75) is 27.3 Å². The van der Waals surface area contributed by atoms with Crippen LogP contribution in [-0.4, -0.2) is 29.5 Å². The lowest BCUT2D eigenvalue weighted by atomic mass is 10.2. The lowest BCUT2D eigenvalue weighted by molar-refractivity contribution is -0.120. The Hall–Kier alpha value is -2.08. The van der Waals surface area contributed by atoms with Crippen molar-refractivity contribution >= 4 is 23.2 Å². The van der Waals surface area contributed by atoms with E-state index in [-0.39, 0.29) is 18.4 Å². The van der Waals surface area contributed by atoms with Gasteiger partial charge in [-0.1, -0.05) is 6.07 Å². The highest BCUT2D eigenvalue weighted by molar-refractivity contribution is 7.09. The highest BCUT2D eigenvalue weighted by Gasteiger charge is 2.16. The molecule has 0 aliphatic carbocycles. The van der Waals surface area contributed by atoms with Crippen LogP contribution in [0.15, 0.2) is 23.6 Å². The maximum atomic E-state index is 12.2. The summed E-state index contributed by atoms with van der Waals surface area (Å²) in [5.41, 5.74) is 2.58. The molecule has 2 N–H and O–H groups in total. The molecule has 0 aliphatic heterocycles. The molecule has 5 nitrogen and oxygen atoms in total. The summed E-state index contributed by atoms with van der Waals surface area (Å²) >= 11 is 1.70.